The topological polar surface area (TPSA) is 75.2 Å². The lowest BCUT2D eigenvalue weighted by Crippen LogP contribution is -2.41. The van der Waals surface area contributed by atoms with E-state index < -0.39 is 6.04 Å². The van der Waals surface area contributed by atoms with Gasteiger partial charge in [-0.25, -0.2) is 0 Å². The lowest BCUT2D eigenvalue weighted by molar-refractivity contribution is -0.140. The molecule has 1 unspecified atom stereocenters. The molecule has 0 bridgehead atoms. The third-order valence-corrected chi connectivity index (χ3v) is 2.86. The molecule has 6 nitrogen and oxygen atoms in total. The van der Waals surface area contributed by atoms with Gasteiger partial charge in [0.1, 0.15) is 0 Å². The highest BCUT2D eigenvalue weighted by Crippen LogP contribution is 2.16. The van der Waals surface area contributed by atoms with Crippen molar-refractivity contribution in [3.05, 3.63) is 24.0 Å². The number of nitrogens with zero attached hydrogens (tertiary/aromatic N) is 3. The van der Waals surface area contributed by atoms with Crippen LogP contribution in [0.3, 0.4) is 0 Å². The van der Waals surface area contributed by atoms with Gasteiger partial charge in [0, 0.05) is 18.8 Å². The number of hydrogen-bond donors (Lipinski definition) is 1. The molecule has 1 atom stereocenters. The molecule has 96 valence electrons. The van der Waals surface area contributed by atoms with Gasteiger partial charge >= 0.3 is 0 Å². The van der Waals surface area contributed by atoms with Crippen LogP contribution in [0, 0.1) is 0 Å². The Morgan fingerprint density at radius 1 is 1.50 bits per heavy atom. The summed E-state index contributed by atoms with van der Waals surface area (Å²) in [4.78, 5) is 25.0. The van der Waals surface area contributed by atoms with Crippen molar-refractivity contribution in [2.75, 3.05) is 0 Å². The third kappa shape index (κ3) is 2.53. The monoisotopic (exact) mass is 248 g/mol. The predicted molar refractivity (Wildman–Crippen MR) is 64.3 cm³/mol. The maximum atomic E-state index is 12.0. The first kappa shape index (κ1) is 12.6. The van der Waals surface area contributed by atoms with Gasteiger partial charge in [0.15, 0.2) is 0 Å². The number of amides is 2. The summed E-state index contributed by atoms with van der Waals surface area (Å²) in [6, 6.07) is 3.07. The minimum Gasteiger partial charge on any atom is -0.300 e. The fourth-order valence-corrected chi connectivity index (χ4v) is 2.01. The predicted octanol–water partition coefficient (Wildman–Crippen LogP) is 0.102. The highest BCUT2D eigenvalue weighted by atomic mass is 16.2. The van der Waals surface area contributed by atoms with Crippen LogP contribution in [0.1, 0.15) is 26.0 Å². The van der Waals surface area contributed by atoms with Crippen LogP contribution in [0.4, 0.5) is 0 Å². The molecule has 1 aliphatic rings. The van der Waals surface area contributed by atoms with Crippen molar-refractivity contribution < 1.29 is 9.59 Å². The maximum Gasteiger partial charge on any atom is 0.247 e. The first-order valence-corrected chi connectivity index (χ1v) is 5.95. The summed E-state index contributed by atoms with van der Waals surface area (Å²) < 4.78 is 0. The largest absolute Gasteiger partial charge is 0.300 e. The van der Waals surface area contributed by atoms with E-state index in [-0.39, 0.29) is 24.3 Å². The molecule has 1 aromatic rings. The SMILES string of the molecule is CC(C)N1C(=O)CC(NCc2cccnn2)C1=O. The average molecular weight is 248 g/mol. The molecule has 1 N–H and O–H groups in total. The summed E-state index contributed by atoms with van der Waals surface area (Å²) in [6.07, 6.45) is 1.81. The number of likely N-dealkylation sites (tertiary alicyclic amines) is 1. The second kappa shape index (κ2) is 5.22. The third-order valence-electron chi connectivity index (χ3n) is 2.86. The Bertz CT molecular complexity index is 447. The highest BCUT2D eigenvalue weighted by molar-refractivity contribution is 6.05. The van der Waals surface area contributed by atoms with E-state index in [0.717, 1.165) is 5.69 Å². The van der Waals surface area contributed by atoms with E-state index in [1.165, 1.54) is 4.90 Å². The fraction of sp³-hybridized carbons (Fsp3) is 0.500. The Balaban J connectivity index is 1.96. The summed E-state index contributed by atoms with van der Waals surface area (Å²) in [5.74, 6) is -0.273. The summed E-state index contributed by atoms with van der Waals surface area (Å²) in [7, 11) is 0. The van der Waals surface area contributed by atoms with Crippen LogP contribution >= 0.6 is 0 Å². The van der Waals surface area contributed by atoms with Crippen LogP contribution in [-0.4, -0.2) is 39.0 Å². The van der Waals surface area contributed by atoms with E-state index in [4.69, 9.17) is 0 Å². The second-order valence-electron chi connectivity index (χ2n) is 4.55. The van der Waals surface area contributed by atoms with E-state index in [0.29, 0.717) is 6.54 Å². The van der Waals surface area contributed by atoms with Gasteiger partial charge in [0.05, 0.1) is 18.2 Å². The molecule has 1 aromatic heterocycles. The Kier molecular flexibility index (Phi) is 3.66. The summed E-state index contributed by atoms with van der Waals surface area (Å²) >= 11 is 0. The van der Waals surface area contributed by atoms with E-state index >= 15 is 0 Å². The molecule has 18 heavy (non-hydrogen) atoms. The zero-order valence-corrected chi connectivity index (χ0v) is 10.5. The number of carbonyl (C=O) groups excluding carboxylic acids is 2. The van der Waals surface area contributed by atoms with Crippen LogP contribution < -0.4 is 5.32 Å². The molecular weight excluding hydrogens is 232 g/mol. The van der Waals surface area contributed by atoms with E-state index in [2.05, 4.69) is 15.5 Å². The minimum absolute atomic E-state index is 0.0895. The highest BCUT2D eigenvalue weighted by Gasteiger charge is 2.39. The fourth-order valence-electron chi connectivity index (χ4n) is 2.01. The van der Waals surface area contributed by atoms with Gasteiger partial charge in [-0.15, -0.1) is 0 Å². The molecule has 0 saturated carbocycles. The van der Waals surface area contributed by atoms with Crippen LogP contribution in [-0.2, 0) is 16.1 Å². The second-order valence-corrected chi connectivity index (χ2v) is 4.55. The van der Waals surface area contributed by atoms with Gasteiger partial charge in [-0.1, -0.05) is 0 Å². The molecule has 1 fully saturated rings. The first-order valence-electron chi connectivity index (χ1n) is 5.95. The first-order chi connectivity index (χ1) is 8.59. The van der Waals surface area contributed by atoms with Gasteiger partial charge in [-0.05, 0) is 26.0 Å². The molecule has 2 rings (SSSR count). The number of carbonyl (C=O) groups is 2. The Morgan fingerprint density at radius 3 is 2.83 bits per heavy atom. The molecule has 6 heteroatoms. The van der Waals surface area contributed by atoms with Crippen molar-refractivity contribution >= 4 is 11.8 Å². The van der Waals surface area contributed by atoms with Crippen molar-refractivity contribution in [1.29, 1.82) is 0 Å². The van der Waals surface area contributed by atoms with Gasteiger partial charge in [0.25, 0.3) is 0 Å². The zero-order valence-electron chi connectivity index (χ0n) is 10.5. The average Bonchev–Trinajstić information content (AvgIpc) is 2.63. The lowest BCUT2D eigenvalue weighted by atomic mass is 10.2. The summed E-state index contributed by atoms with van der Waals surface area (Å²) in [5, 5.41) is 10.7. The number of imide groups is 1. The minimum atomic E-state index is -0.443. The Morgan fingerprint density at radius 2 is 2.28 bits per heavy atom. The normalized spacial score (nSPS) is 19.9. The molecule has 0 aliphatic carbocycles. The molecule has 1 saturated heterocycles. The van der Waals surface area contributed by atoms with E-state index in [9.17, 15) is 9.59 Å². The van der Waals surface area contributed by atoms with Gasteiger partial charge < -0.3 is 0 Å². The van der Waals surface area contributed by atoms with Crippen molar-refractivity contribution in [2.45, 2.75) is 38.9 Å². The Hall–Kier alpha value is -1.82. The number of nitrogens with one attached hydrogen (secondary N) is 1. The quantitative estimate of drug-likeness (QED) is 0.765. The van der Waals surface area contributed by atoms with Crippen LogP contribution in [0.2, 0.25) is 0 Å². The molecule has 0 aromatic carbocycles. The van der Waals surface area contributed by atoms with Crippen LogP contribution in [0.5, 0.6) is 0 Å². The van der Waals surface area contributed by atoms with Gasteiger partial charge in [-0.3, -0.25) is 19.8 Å². The van der Waals surface area contributed by atoms with Gasteiger partial charge in [-0.2, -0.15) is 10.2 Å². The number of aromatic nitrogens is 2. The molecule has 2 heterocycles. The van der Waals surface area contributed by atoms with E-state index in [1.807, 2.05) is 19.9 Å². The molecule has 0 spiro atoms. The van der Waals surface area contributed by atoms with Gasteiger partial charge in [0.2, 0.25) is 11.8 Å². The van der Waals surface area contributed by atoms with E-state index in [1.54, 1.807) is 12.3 Å². The van der Waals surface area contributed by atoms with Crippen LogP contribution in [0.25, 0.3) is 0 Å². The van der Waals surface area contributed by atoms with Crippen molar-refractivity contribution in [1.82, 2.24) is 20.4 Å². The summed E-state index contributed by atoms with van der Waals surface area (Å²) in [6.45, 7) is 4.10. The smallest absolute Gasteiger partial charge is 0.247 e. The lowest BCUT2D eigenvalue weighted by Gasteiger charge is -2.19. The number of hydrogen-bond acceptors (Lipinski definition) is 5. The molecule has 2 amide bonds. The summed E-state index contributed by atoms with van der Waals surface area (Å²) in [5.41, 5.74) is 0.751. The maximum absolute atomic E-state index is 12.0. The molecular formula is C12H16N4O2. The van der Waals surface area contributed by atoms with Crippen molar-refractivity contribution in [2.24, 2.45) is 0 Å². The zero-order chi connectivity index (χ0) is 13.1. The molecule has 1 aliphatic heterocycles. The van der Waals surface area contributed by atoms with Crippen molar-refractivity contribution in [3.8, 4) is 0 Å². The standard InChI is InChI=1S/C12H16N4O2/c1-8(2)16-11(17)6-10(12(16)18)13-7-9-4-3-5-14-15-9/h3-5,8,10,13H,6-7H2,1-2H3. The molecule has 0 radical (unpaired) electrons. The Labute approximate surface area is 105 Å². The van der Waals surface area contributed by atoms with Crippen LogP contribution in [0.15, 0.2) is 18.3 Å². The van der Waals surface area contributed by atoms with Crippen molar-refractivity contribution in [3.63, 3.8) is 0 Å². The number of rotatable bonds is 4.